The first-order valence-electron chi connectivity index (χ1n) is 10.3. The molecule has 2 atom stereocenters. The average molecular weight is 388 g/mol. The van der Waals surface area contributed by atoms with Gasteiger partial charge in [-0.05, 0) is 50.3 Å². The molecule has 2 unspecified atom stereocenters. The minimum atomic E-state index is -0.417. The second-order valence-electron chi connectivity index (χ2n) is 8.65. The van der Waals surface area contributed by atoms with Crippen LogP contribution in [0.4, 0.5) is 0 Å². The summed E-state index contributed by atoms with van der Waals surface area (Å²) in [6, 6.07) is 15.3. The lowest BCUT2D eigenvalue weighted by molar-refractivity contribution is -0.132. The number of nitrogens with zero attached hydrogens (tertiary/aromatic N) is 2. The molecular formula is C24H24N2O3. The van der Waals surface area contributed by atoms with E-state index in [2.05, 4.69) is 31.2 Å². The Hall–Kier alpha value is -2.95. The highest BCUT2D eigenvalue weighted by Crippen LogP contribution is 2.44. The van der Waals surface area contributed by atoms with Crippen molar-refractivity contribution in [2.45, 2.75) is 38.1 Å². The van der Waals surface area contributed by atoms with E-state index >= 15 is 0 Å². The number of carbonyl (C=O) groups is 3. The third kappa shape index (κ3) is 2.79. The van der Waals surface area contributed by atoms with Gasteiger partial charge in [0, 0.05) is 12.5 Å². The van der Waals surface area contributed by atoms with E-state index in [-0.39, 0.29) is 23.6 Å². The van der Waals surface area contributed by atoms with Gasteiger partial charge in [-0.3, -0.25) is 19.3 Å². The lowest BCUT2D eigenvalue weighted by Crippen LogP contribution is -2.51. The zero-order valence-corrected chi connectivity index (χ0v) is 16.6. The van der Waals surface area contributed by atoms with Crippen LogP contribution < -0.4 is 0 Å². The summed E-state index contributed by atoms with van der Waals surface area (Å²) in [6.45, 7) is 3.07. The molecule has 3 aliphatic rings. The van der Waals surface area contributed by atoms with Crippen molar-refractivity contribution in [3.8, 4) is 0 Å². The van der Waals surface area contributed by atoms with Crippen molar-refractivity contribution in [2.75, 3.05) is 13.1 Å². The second-order valence-corrected chi connectivity index (χ2v) is 8.65. The number of hydrogen-bond acceptors (Lipinski definition) is 3. The van der Waals surface area contributed by atoms with Crippen LogP contribution in [0.5, 0.6) is 0 Å². The molecule has 3 aliphatic heterocycles. The predicted molar refractivity (Wildman–Crippen MR) is 108 cm³/mol. The maximum Gasteiger partial charge on any atom is 0.261 e. The molecule has 3 amide bonds. The summed E-state index contributed by atoms with van der Waals surface area (Å²) in [5, 5.41) is 0. The van der Waals surface area contributed by atoms with Gasteiger partial charge >= 0.3 is 0 Å². The van der Waals surface area contributed by atoms with E-state index in [1.165, 1.54) is 10.5 Å². The van der Waals surface area contributed by atoms with Crippen molar-refractivity contribution in [1.82, 2.24) is 9.80 Å². The summed E-state index contributed by atoms with van der Waals surface area (Å²) < 4.78 is 0. The summed E-state index contributed by atoms with van der Waals surface area (Å²) in [5.74, 6) is -0.393. The molecule has 2 aromatic carbocycles. The maximum absolute atomic E-state index is 13.2. The number of rotatable bonds is 4. The van der Waals surface area contributed by atoms with E-state index in [1.807, 2.05) is 4.90 Å². The quantitative estimate of drug-likeness (QED) is 0.756. The zero-order valence-electron chi connectivity index (χ0n) is 16.6. The van der Waals surface area contributed by atoms with Crippen LogP contribution in [0.15, 0.2) is 48.5 Å². The molecule has 0 N–H and O–H groups in total. The molecule has 0 aliphatic carbocycles. The molecule has 0 spiro atoms. The lowest BCUT2D eigenvalue weighted by Gasteiger charge is -2.35. The fourth-order valence-electron chi connectivity index (χ4n) is 5.34. The van der Waals surface area contributed by atoms with Gasteiger partial charge in [-0.25, -0.2) is 0 Å². The Morgan fingerprint density at radius 1 is 0.966 bits per heavy atom. The van der Waals surface area contributed by atoms with Gasteiger partial charge in [-0.15, -0.1) is 0 Å². The van der Waals surface area contributed by atoms with Crippen molar-refractivity contribution in [3.63, 3.8) is 0 Å². The Balaban J connectivity index is 1.39. The number of amides is 3. The van der Waals surface area contributed by atoms with Gasteiger partial charge in [0.1, 0.15) is 0 Å². The number of hydrogen-bond donors (Lipinski definition) is 0. The number of carbonyl (C=O) groups excluding carboxylic acids is 3. The Morgan fingerprint density at radius 3 is 2.28 bits per heavy atom. The fraction of sp³-hybridized carbons (Fsp3) is 0.375. The molecule has 0 saturated carbocycles. The van der Waals surface area contributed by atoms with Gasteiger partial charge < -0.3 is 4.90 Å². The van der Waals surface area contributed by atoms with Crippen LogP contribution >= 0.6 is 0 Å². The van der Waals surface area contributed by atoms with Gasteiger partial charge in [-0.2, -0.15) is 0 Å². The van der Waals surface area contributed by atoms with Crippen molar-refractivity contribution in [2.24, 2.45) is 5.92 Å². The zero-order chi connectivity index (χ0) is 20.2. The molecule has 2 saturated heterocycles. The van der Waals surface area contributed by atoms with Gasteiger partial charge in [0.05, 0.1) is 23.2 Å². The van der Waals surface area contributed by atoms with Gasteiger partial charge in [0.25, 0.3) is 11.8 Å². The normalized spacial score (nSPS) is 25.7. The van der Waals surface area contributed by atoms with Crippen molar-refractivity contribution in [1.29, 1.82) is 0 Å². The van der Waals surface area contributed by atoms with Gasteiger partial charge in [0.15, 0.2) is 0 Å². The molecule has 0 bridgehead atoms. The molecule has 2 aromatic rings. The van der Waals surface area contributed by atoms with Gasteiger partial charge in [-0.1, -0.05) is 42.0 Å². The van der Waals surface area contributed by atoms with Crippen LogP contribution in [0.1, 0.15) is 51.1 Å². The predicted octanol–water partition coefficient (Wildman–Crippen LogP) is 3.21. The molecule has 29 heavy (non-hydrogen) atoms. The van der Waals surface area contributed by atoms with Crippen LogP contribution in [0.2, 0.25) is 0 Å². The first kappa shape index (κ1) is 18.1. The van der Waals surface area contributed by atoms with E-state index < -0.39 is 5.54 Å². The largest absolute Gasteiger partial charge is 0.335 e. The Morgan fingerprint density at radius 2 is 1.62 bits per heavy atom. The topological polar surface area (TPSA) is 57.7 Å². The Kier molecular flexibility index (Phi) is 4.09. The highest BCUT2D eigenvalue weighted by Gasteiger charge is 2.55. The molecule has 5 nitrogen and oxygen atoms in total. The summed E-state index contributed by atoms with van der Waals surface area (Å²) in [7, 11) is 0. The van der Waals surface area contributed by atoms with Crippen molar-refractivity contribution < 1.29 is 14.4 Å². The average Bonchev–Trinajstić information content (AvgIpc) is 3.32. The highest BCUT2D eigenvalue weighted by atomic mass is 16.2. The molecule has 0 radical (unpaired) electrons. The number of fused-ring (bicyclic) bond motifs is 2. The van der Waals surface area contributed by atoms with Crippen LogP contribution in [0.3, 0.4) is 0 Å². The highest BCUT2D eigenvalue weighted by molar-refractivity contribution is 6.21. The van der Waals surface area contributed by atoms with E-state index in [0.717, 1.165) is 18.4 Å². The molecule has 0 aromatic heterocycles. The summed E-state index contributed by atoms with van der Waals surface area (Å²) in [5.41, 5.74) is 2.89. The molecule has 3 heterocycles. The first-order valence-corrected chi connectivity index (χ1v) is 10.3. The standard InChI is InChI=1S/C24H24N2O3/c1-16-7-9-17(10-8-16)13-18-14-24(11-4-12-26(24)21(18)27)15-25-22(28)19-5-2-3-6-20(19)23(25)29/h2-3,5-10,18H,4,11-15H2,1H3. The third-order valence-electron chi connectivity index (χ3n) is 6.77. The van der Waals surface area contributed by atoms with Crippen molar-refractivity contribution >= 4 is 17.7 Å². The van der Waals surface area contributed by atoms with E-state index in [9.17, 15) is 14.4 Å². The molecule has 5 heteroatoms. The SMILES string of the molecule is Cc1ccc(CC2CC3(CN4C(=O)c5ccccc5C4=O)CCCN3C2=O)cc1. The smallest absolute Gasteiger partial charge is 0.261 e. The molecule has 148 valence electrons. The second kappa shape index (κ2) is 6.55. The van der Waals surface area contributed by atoms with E-state index in [4.69, 9.17) is 0 Å². The van der Waals surface area contributed by atoms with Crippen LogP contribution in [0.25, 0.3) is 0 Å². The van der Waals surface area contributed by atoms with Crippen molar-refractivity contribution in [3.05, 3.63) is 70.8 Å². The monoisotopic (exact) mass is 388 g/mol. The fourth-order valence-corrected chi connectivity index (χ4v) is 5.34. The van der Waals surface area contributed by atoms with E-state index in [1.54, 1.807) is 24.3 Å². The Bertz CT molecular complexity index is 978. The number of benzene rings is 2. The summed E-state index contributed by atoms with van der Waals surface area (Å²) >= 11 is 0. The molecule has 5 rings (SSSR count). The molecule has 2 fully saturated rings. The number of aryl methyl sites for hydroxylation is 1. The maximum atomic E-state index is 13.2. The van der Waals surface area contributed by atoms with Gasteiger partial charge in [0.2, 0.25) is 5.91 Å². The summed E-state index contributed by atoms with van der Waals surface area (Å²) in [4.78, 5) is 42.2. The minimum Gasteiger partial charge on any atom is -0.335 e. The number of imide groups is 1. The third-order valence-corrected chi connectivity index (χ3v) is 6.77. The summed E-state index contributed by atoms with van der Waals surface area (Å²) in [6.07, 6.45) is 3.18. The molecular weight excluding hydrogens is 364 g/mol. The van der Waals surface area contributed by atoms with Crippen LogP contribution in [-0.4, -0.2) is 46.1 Å². The Labute approximate surface area is 170 Å². The lowest BCUT2D eigenvalue weighted by atomic mass is 9.86. The van der Waals surface area contributed by atoms with Crippen LogP contribution in [0, 0.1) is 12.8 Å². The first-order chi connectivity index (χ1) is 14.0. The minimum absolute atomic E-state index is 0.0896. The van der Waals surface area contributed by atoms with E-state index in [0.29, 0.717) is 37.1 Å². The van der Waals surface area contributed by atoms with Crippen LogP contribution in [-0.2, 0) is 11.2 Å².